The quantitative estimate of drug-likeness (QED) is 0.338. The molecule has 1 aromatic carbocycles. The number of thiol groups is 1. The molecule has 6 nitrogen and oxygen atoms in total. The number of hydroxylamine groups is 2. The standard InChI is InChI=1S/C11H14N2O4S/c14-9-12(6-1-7-18)17-8-10-2-4-11(5-3-10)13(15)16/h2-5,9,18H,1,6-8H2. The molecule has 1 amide bonds. The number of hydrogen-bond acceptors (Lipinski definition) is 5. The minimum atomic E-state index is -0.463. The molecule has 0 aliphatic carbocycles. The van der Waals surface area contributed by atoms with Crippen LogP contribution in [0.15, 0.2) is 24.3 Å². The Labute approximate surface area is 110 Å². The van der Waals surface area contributed by atoms with Gasteiger partial charge in [-0.25, -0.2) is 5.06 Å². The molecule has 0 atom stereocenters. The van der Waals surface area contributed by atoms with Gasteiger partial charge in [-0.1, -0.05) is 0 Å². The van der Waals surface area contributed by atoms with Crippen LogP contribution in [0.3, 0.4) is 0 Å². The molecule has 0 saturated heterocycles. The summed E-state index contributed by atoms with van der Waals surface area (Å²) in [6.07, 6.45) is 1.34. The van der Waals surface area contributed by atoms with Crippen LogP contribution in [-0.2, 0) is 16.2 Å². The van der Waals surface area contributed by atoms with Crippen LogP contribution >= 0.6 is 12.6 Å². The predicted octanol–water partition coefficient (Wildman–Crippen LogP) is 1.80. The fourth-order valence-corrected chi connectivity index (χ4v) is 1.39. The number of carbonyl (C=O) groups excluding carboxylic acids is 1. The van der Waals surface area contributed by atoms with Gasteiger partial charge in [0.1, 0.15) is 6.61 Å². The van der Waals surface area contributed by atoms with E-state index in [-0.39, 0.29) is 12.3 Å². The van der Waals surface area contributed by atoms with E-state index in [1.807, 2.05) is 0 Å². The molecule has 0 N–H and O–H groups in total. The molecule has 98 valence electrons. The topological polar surface area (TPSA) is 72.7 Å². The van der Waals surface area contributed by atoms with Gasteiger partial charge >= 0.3 is 0 Å². The largest absolute Gasteiger partial charge is 0.276 e. The Morgan fingerprint density at radius 3 is 2.56 bits per heavy atom. The van der Waals surface area contributed by atoms with Gasteiger partial charge in [0.05, 0.1) is 4.92 Å². The first-order valence-electron chi connectivity index (χ1n) is 5.36. The average Bonchev–Trinajstić information content (AvgIpc) is 2.39. The molecule has 0 radical (unpaired) electrons. The summed E-state index contributed by atoms with van der Waals surface area (Å²) in [7, 11) is 0. The van der Waals surface area contributed by atoms with Crippen LogP contribution in [-0.4, -0.2) is 28.7 Å². The van der Waals surface area contributed by atoms with Crippen molar-refractivity contribution in [3.8, 4) is 0 Å². The summed E-state index contributed by atoms with van der Waals surface area (Å²) in [5, 5.41) is 11.6. The van der Waals surface area contributed by atoms with Crippen molar-refractivity contribution in [1.29, 1.82) is 0 Å². The van der Waals surface area contributed by atoms with Crippen LogP contribution in [0.4, 0.5) is 5.69 Å². The van der Waals surface area contributed by atoms with Crippen LogP contribution < -0.4 is 0 Å². The van der Waals surface area contributed by atoms with Gasteiger partial charge < -0.3 is 0 Å². The normalized spacial score (nSPS) is 10.1. The van der Waals surface area contributed by atoms with Crippen molar-refractivity contribution in [1.82, 2.24) is 5.06 Å². The molecule has 18 heavy (non-hydrogen) atoms. The number of nitrogens with zero attached hydrogens (tertiary/aromatic N) is 2. The molecule has 0 aliphatic heterocycles. The zero-order valence-electron chi connectivity index (χ0n) is 9.69. The number of hydrogen-bond donors (Lipinski definition) is 1. The Bertz CT molecular complexity index is 397. The number of carbonyl (C=O) groups is 1. The van der Waals surface area contributed by atoms with E-state index in [4.69, 9.17) is 4.84 Å². The number of benzene rings is 1. The number of rotatable bonds is 8. The fraction of sp³-hybridized carbons (Fsp3) is 0.364. The summed E-state index contributed by atoms with van der Waals surface area (Å²) >= 11 is 4.04. The average molecular weight is 270 g/mol. The molecule has 0 bridgehead atoms. The lowest BCUT2D eigenvalue weighted by atomic mass is 10.2. The summed E-state index contributed by atoms with van der Waals surface area (Å²) in [5.41, 5.74) is 0.791. The highest BCUT2D eigenvalue weighted by Crippen LogP contribution is 2.12. The molecule has 7 heteroatoms. The molecule has 0 heterocycles. The first kappa shape index (κ1) is 14.5. The minimum Gasteiger partial charge on any atom is -0.276 e. The molecule has 0 fully saturated rings. The van der Waals surface area contributed by atoms with E-state index in [2.05, 4.69) is 12.6 Å². The fourth-order valence-electron chi connectivity index (χ4n) is 1.25. The maximum atomic E-state index is 10.7. The minimum absolute atomic E-state index is 0.0288. The molecular weight excluding hydrogens is 256 g/mol. The lowest BCUT2D eigenvalue weighted by molar-refractivity contribution is -0.384. The maximum absolute atomic E-state index is 10.7. The third-order valence-corrected chi connectivity index (χ3v) is 2.51. The summed E-state index contributed by atoms with van der Waals surface area (Å²) in [6.45, 7) is 0.670. The van der Waals surface area contributed by atoms with Gasteiger partial charge in [0.2, 0.25) is 6.41 Å². The van der Waals surface area contributed by atoms with E-state index >= 15 is 0 Å². The lowest BCUT2D eigenvalue weighted by Gasteiger charge is -2.16. The van der Waals surface area contributed by atoms with Crippen molar-refractivity contribution < 1.29 is 14.6 Å². The lowest BCUT2D eigenvalue weighted by Crippen LogP contribution is -2.23. The van der Waals surface area contributed by atoms with E-state index in [1.165, 1.54) is 17.2 Å². The van der Waals surface area contributed by atoms with Gasteiger partial charge in [-0.2, -0.15) is 12.6 Å². The third kappa shape index (κ3) is 4.72. The highest BCUT2D eigenvalue weighted by Gasteiger charge is 2.06. The number of non-ortho nitro benzene ring substituents is 1. The summed E-state index contributed by atoms with van der Waals surface area (Å²) in [5.74, 6) is 0.672. The zero-order chi connectivity index (χ0) is 13.4. The molecule has 1 rings (SSSR count). The summed E-state index contributed by atoms with van der Waals surface area (Å²) < 4.78 is 0. The SMILES string of the molecule is O=CN(CCCS)OCc1ccc([N+](=O)[O-])cc1. The van der Waals surface area contributed by atoms with Crippen molar-refractivity contribution >= 4 is 24.7 Å². The molecule has 0 spiro atoms. The van der Waals surface area contributed by atoms with E-state index in [9.17, 15) is 14.9 Å². The molecule has 0 unspecified atom stereocenters. The van der Waals surface area contributed by atoms with Gasteiger partial charge in [-0.15, -0.1) is 0 Å². The Hall–Kier alpha value is -1.60. The van der Waals surface area contributed by atoms with Gasteiger partial charge in [0.25, 0.3) is 5.69 Å². The van der Waals surface area contributed by atoms with Gasteiger partial charge in [0, 0.05) is 18.7 Å². The van der Waals surface area contributed by atoms with Crippen LogP contribution in [0.25, 0.3) is 0 Å². The Morgan fingerprint density at radius 1 is 1.39 bits per heavy atom. The molecule has 0 aromatic heterocycles. The Morgan fingerprint density at radius 2 is 2.06 bits per heavy atom. The summed E-state index contributed by atoms with van der Waals surface area (Å²) in [4.78, 5) is 25.9. The number of amides is 1. The Kier molecular flexibility index (Phi) is 6.16. The molecule has 0 saturated carbocycles. The number of nitro benzene ring substituents is 1. The summed E-state index contributed by atoms with van der Waals surface area (Å²) in [6, 6.07) is 5.99. The van der Waals surface area contributed by atoms with Crippen LogP contribution in [0.1, 0.15) is 12.0 Å². The van der Waals surface area contributed by atoms with Gasteiger partial charge in [0.15, 0.2) is 0 Å². The Balaban J connectivity index is 2.46. The first-order valence-corrected chi connectivity index (χ1v) is 5.99. The van der Waals surface area contributed by atoms with E-state index in [0.717, 1.165) is 12.0 Å². The monoisotopic (exact) mass is 270 g/mol. The molecular formula is C11H14N2O4S. The highest BCUT2D eigenvalue weighted by atomic mass is 32.1. The van der Waals surface area contributed by atoms with E-state index in [0.29, 0.717) is 18.7 Å². The zero-order valence-corrected chi connectivity index (χ0v) is 10.6. The van der Waals surface area contributed by atoms with Crippen LogP contribution in [0.2, 0.25) is 0 Å². The second kappa shape index (κ2) is 7.67. The van der Waals surface area contributed by atoms with Crippen molar-refractivity contribution in [2.24, 2.45) is 0 Å². The van der Waals surface area contributed by atoms with Crippen LogP contribution in [0.5, 0.6) is 0 Å². The van der Waals surface area contributed by atoms with Crippen LogP contribution in [0, 0.1) is 10.1 Å². The van der Waals surface area contributed by atoms with Crippen molar-refractivity contribution in [2.75, 3.05) is 12.3 Å². The van der Waals surface area contributed by atoms with Gasteiger partial charge in [-0.3, -0.25) is 19.7 Å². The van der Waals surface area contributed by atoms with Crippen molar-refractivity contribution in [3.05, 3.63) is 39.9 Å². The first-order chi connectivity index (χ1) is 8.67. The van der Waals surface area contributed by atoms with E-state index in [1.54, 1.807) is 12.1 Å². The second-order valence-electron chi connectivity index (χ2n) is 3.52. The second-order valence-corrected chi connectivity index (χ2v) is 3.97. The molecule has 0 aliphatic rings. The maximum Gasteiger partial charge on any atom is 0.269 e. The van der Waals surface area contributed by atoms with Gasteiger partial charge in [-0.05, 0) is 29.9 Å². The highest BCUT2D eigenvalue weighted by molar-refractivity contribution is 7.80. The number of nitro groups is 1. The van der Waals surface area contributed by atoms with Crippen molar-refractivity contribution in [3.63, 3.8) is 0 Å². The smallest absolute Gasteiger partial charge is 0.269 e. The molecule has 1 aromatic rings. The van der Waals surface area contributed by atoms with E-state index < -0.39 is 4.92 Å². The van der Waals surface area contributed by atoms with Crippen molar-refractivity contribution in [2.45, 2.75) is 13.0 Å². The third-order valence-electron chi connectivity index (χ3n) is 2.20. The predicted molar refractivity (Wildman–Crippen MR) is 69.1 cm³/mol.